The van der Waals surface area contributed by atoms with Crippen molar-refractivity contribution in [1.82, 2.24) is 25.1 Å². The van der Waals surface area contributed by atoms with E-state index >= 15 is 0 Å². The Bertz CT molecular complexity index is 990. The predicted molar refractivity (Wildman–Crippen MR) is 108 cm³/mol. The van der Waals surface area contributed by atoms with Crippen LogP contribution in [-0.2, 0) is 6.54 Å². The molecule has 3 aromatic heterocycles. The molecule has 4 rings (SSSR count). The van der Waals surface area contributed by atoms with Crippen LogP contribution in [0.4, 0.5) is 11.8 Å². The van der Waals surface area contributed by atoms with Gasteiger partial charge in [-0.3, -0.25) is 4.98 Å². The molecule has 3 heterocycles. The van der Waals surface area contributed by atoms with Crippen molar-refractivity contribution in [3.63, 3.8) is 0 Å². The molecule has 1 aliphatic rings. The van der Waals surface area contributed by atoms with Gasteiger partial charge in [-0.1, -0.05) is 11.3 Å². The van der Waals surface area contributed by atoms with Gasteiger partial charge in [0.1, 0.15) is 15.8 Å². The van der Waals surface area contributed by atoms with Crippen LogP contribution in [0, 0.1) is 26.7 Å². The molecular formula is C19H23N7OS. The monoisotopic (exact) mass is 397 g/mol. The van der Waals surface area contributed by atoms with Gasteiger partial charge in [0.2, 0.25) is 11.8 Å². The lowest BCUT2D eigenvalue weighted by Crippen LogP contribution is -2.08. The first-order chi connectivity index (χ1) is 13.5. The van der Waals surface area contributed by atoms with Gasteiger partial charge in [0.25, 0.3) is 0 Å². The van der Waals surface area contributed by atoms with E-state index in [0.717, 1.165) is 22.1 Å². The van der Waals surface area contributed by atoms with Crippen LogP contribution < -0.4 is 15.8 Å². The van der Waals surface area contributed by atoms with Crippen molar-refractivity contribution in [2.75, 3.05) is 17.7 Å². The fourth-order valence-corrected chi connectivity index (χ4v) is 3.64. The number of ether oxygens (including phenoxy) is 1. The normalized spacial score (nSPS) is 18.1. The van der Waals surface area contributed by atoms with Gasteiger partial charge in [-0.15, -0.1) is 10.2 Å². The minimum Gasteiger partial charge on any atom is -0.477 e. The Labute approximate surface area is 167 Å². The first-order valence-electron chi connectivity index (χ1n) is 9.21. The Morgan fingerprint density at radius 1 is 1.18 bits per heavy atom. The third-order valence-corrected chi connectivity index (χ3v) is 5.67. The fraction of sp³-hybridized carbons (Fsp3) is 0.421. The van der Waals surface area contributed by atoms with Gasteiger partial charge in [0.05, 0.1) is 13.2 Å². The van der Waals surface area contributed by atoms with E-state index in [9.17, 15) is 0 Å². The number of nitrogen functional groups attached to an aromatic ring is 1. The van der Waals surface area contributed by atoms with Crippen molar-refractivity contribution in [1.29, 1.82) is 0 Å². The second-order valence-corrected chi connectivity index (χ2v) is 8.40. The van der Waals surface area contributed by atoms with Crippen molar-refractivity contribution in [3.05, 3.63) is 45.2 Å². The molecule has 1 saturated carbocycles. The van der Waals surface area contributed by atoms with E-state index in [2.05, 4.69) is 50.4 Å². The van der Waals surface area contributed by atoms with E-state index in [1.165, 1.54) is 22.5 Å². The summed E-state index contributed by atoms with van der Waals surface area (Å²) in [7, 11) is 0. The molecule has 146 valence electrons. The minimum atomic E-state index is 0.365. The molecule has 0 bridgehead atoms. The molecule has 28 heavy (non-hydrogen) atoms. The molecule has 2 atom stereocenters. The second-order valence-electron chi connectivity index (χ2n) is 7.13. The Morgan fingerprint density at radius 3 is 2.79 bits per heavy atom. The van der Waals surface area contributed by atoms with Crippen LogP contribution in [0.25, 0.3) is 0 Å². The Hall–Kier alpha value is -2.81. The molecule has 3 N–H and O–H groups in total. The average Bonchev–Trinajstić information content (AvgIpc) is 3.32. The van der Waals surface area contributed by atoms with Gasteiger partial charge in [0.15, 0.2) is 0 Å². The highest BCUT2D eigenvalue weighted by Crippen LogP contribution is 2.47. The Kier molecular flexibility index (Phi) is 5.08. The molecule has 0 aromatic carbocycles. The predicted octanol–water partition coefficient (Wildman–Crippen LogP) is 3.03. The number of hydrogen-bond donors (Lipinski definition) is 2. The van der Waals surface area contributed by atoms with E-state index in [-0.39, 0.29) is 0 Å². The number of aromatic nitrogens is 5. The number of nitrogens with zero attached hydrogens (tertiary/aromatic N) is 5. The van der Waals surface area contributed by atoms with Crippen LogP contribution in [-0.4, -0.2) is 31.8 Å². The average molecular weight is 398 g/mol. The molecule has 3 aromatic rings. The van der Waals surface area contributed by atoms with Crippen LogP contribution >= 0.6 is 11.3 Å². The standard InChI is InChI=1S/C19H23N7OS/c1-10-4-15(21-7-11(10)2)14-5-13(14)9-27-17-6-16(20)23-19(24-17)22-8-18-26-25-12(3)28-18/h4,6-7,13-14H,5,8-9H2,1-3H3,(H3,20,22,23,24). The fourth-order valence-electron chi connectivity index (χ4n) is 2.99. The van der Waals surface area contributed by atoms with Crippen molar-refractivity contribution in [3.8, 4) is 5.88 Å². The lowest BCUT2D eigenvalue weighted by Gasteiger charge is -2.09. The van der Waals surface area contributed by atoms with Gasteiger partial charge in [-0.05, 0) is 44.4 Å². The lowest BCUT2D eigenvalue weighted by molar-refractivity contribution is 0.285. The third kappa shape index (κ3) is 4.36. The Balaban J connectivity index is 1.33. The lowest BCUT2D eigenvalue weighted by atomic mass is 10.1. The van der Waals surface area contributed by atoms with E-state index in [4.69, 9.17) is 10.5 Å². The molecule has 8 nitrogen and oxygen atoms in total. The summed E-state index contributed by atoms with van der Waals surface area (Å²) >= 11 is 1.53. The summed E-state index contributed by atoms with van der Waals surface area (Å²) in [5.41, 5.74) is 9.54. The highest BCUT2D eigenvalue weighted by Gasteiger charge is 2.40. The first kappa shape index (κ1) is 18.5. The van der Waals surface area contributed by atoms with Crippen LogP contribution in [0.3, 0.4) is 0 Å². The maximum atomic E-state index is 5.90. The molecule has 0 saturated heterocycles. The highest BCUT2D eigenvalue weighted by molar-refractivity contribution is 7.11. The highest BCUT2D eigenvalue weighted by atomic mass is 32.1. The maximum absolute atomic E-state index is 5.90. The number of aryl methyl sites for hydroxylation is 3. The summed E-state index contributed by atoms with van der Waals surface area (Å²) in [6.07, 6.45) is 3.03. The summed E-state index contributed by atoms with van der Waals surface area (Å²) < 4.78 is 5.89. The van der Waals surface area contributed by atoms with Gasteiger partial charge in [0, 0.05) is 29.8 Å². The van der Waals surface area contributed by atoms with Crippen molar-refractivity contribution in [2.24, 2.45) is 5.92 Å². The van der Waals surface area contributed by atoms with Crippen molar-refractivity contribution in [2.45, 2.75) is 39.7 Å². The smallest absolute Gasteiger partial charge is 0.228 e. The van der Waals surface area contributed by atoms with Crippen LogP contribution in [0.1, 0.15) is 39.2 Å². The molecule has 0 spiro atoms. The zero-order valence-corrected chi connectivity index (χ0v) is 17.0. The molecular weight excluding hydrogens is 374 g/mol. The van der Waals surface area contributed by atoms with Crippen LogP contribution in [0.2, 0.25) is 0 Å². The topological polar surface area (TPSA) is 112 Å². The van der Waals surface area contributed by atoms with Gasteiger partial charge < -0.3 is 15.8 Å². The zero-order valence-electron chi connectivity index (χ0n) is 16.1. The van der Waals surface area contributed by atoms with Gasteiger partial charge >= 0.3 is 0 Å². The van der Waals surface area contributed by atoms with Crippen molar-refractivity contribution >= 4 is 23.1 Å². The number of anilines is 2. The summed E-state index contributed by atoms with van der Waals surface area (Å²) in [6, 6.07) is 3.83. The first-order valence-corrected chi connectivity index (χ1v) is 10.0. The van der Waals surface area contributed by atoms with E-state index < -0.39 is 0 Å². The number of nitrogens with two attached hydrogens (primary N) is 1. The SMILES string of the molecule is Cc1nnc(CNc2nc(N)cc(OCC3CC3c3cc(C)c(C)cn3)n2)s1. The summed E-state index contributed by atoms with van der Waals surface area (Å²) in [5.74, 6) is 2.17. The van der Waals surface area contributed by atoms with E-state index in [1.807, 2.05) is 13.1 Å². The summed E-state index contributed by atoms with van der Waals surface area (Å²) in [6.45, 7) is 7.21. The van der Waals surface area contributed by atoms with Gasteiger partial charge in [-0.2, -0.15) is 9.97 Å². The summed E-state index contributed by atoms with van der Waals surface area (Å²) in [5, 5.41) is 13.0. The Morgan fingerprint density at radius 2 is 2.04 bits per heavy atom. The largest absolute Gasteiger partial charge is 0.477 e. The molecule has 0 radical (unpaired) electrons. The second kappa shape index (κ2) is 7.67. The number of nitrogens with one attached hydrogen (secondary N) is 1. The molecule has 1 fully saturated rings. The molecule has 1 aliphatic carbocycles. The van der Waals surface area contributed by atoms with E-state index in [1.54, 1.807) is 6.07 Å². The number of rotatable bonds is 7. The third-order valence-electron chi connectivity index (χ3n) is 4.83. The zero-order chi connectivity index (χ0) is 19.7. The number of hydrogen-bond acceptors (Lipinski definition) is 9. The number of pyridine rings is 1. The minimum absolute atomic E-state index is 0.365. The van der Waals surface area contributed by atoms with Crippen molar-refractivity contribution < 1.29 is 4.74 Å². The van der Waals surface area contributed by atoms with Crippen LogP contribution in [0.15, 0.2) is 18.3 Å². The van der Waals surface area contributed by atoms with Crippen LogP contribution in [0.5, 0.6) is 5.88 Å². The molecule has 0 aliphatic heterocycles. The molecule has 2 unspecified atom stereocenters. The quantitative estimate of drug-likeness (QED) is 0.626. The summed E-state index contributed by atoms with van der Waals surface area (Å²) in [4.78, 5) is 13.2. The molecule has 0 amide bonds. The van der Waals surface area contributed by atoms with E-state index in [0.29, 0.717) is 42.6 Å². The maximum Gasteiger partial charge on any atom is 0.228 e. The van der Waals surface area contributed by atoms with Gasteiger partial charge in [-0.25, -0.2) is 0 Å². The molecule has 9 heteroatoms.